The minimum absolute atomic E-state index is 0.0586. The van der Waals surface area contributed by atoms with Crippen molar-refractivity contribution in [3.63, 3.8) is 0 Å². The molecule has 28 heavy (non-hydrogen) atoms. The average Bonchev–Trinajstić information content (AvgIpc) is 3.01. The third-order valence-corrected chi connectivity index (χ3v) is 5.50. The maximum absolute atomic E-state index is 14.4. The summed E-state index contributed by atoms with van der Waals surface area (Å²) in [7, 11) is 0. The van der Waals surface area contributed by atoms with E-state index >= 15 is 0 Å². The first-order valence-electron chi connectivity index (χ1n) is 9.30. The zero-order valence-corrected chi connectivity index (χ0v) is 15.9. The Kier molecular flexibility index (Phi) is 4.40. The molecule has 2 aromatic carbocycles. The highest BCUT2D eigenvalue weighted by atomic mass is 19.1. The smallest absolute Gasteiger partial charge is 0.191 e. The van der Waals surface area contributed by atoms with Crippen LogP contribution in [0.15, 0.2) is 24.3 Å². The van der Waals surface area contributed by atoms with Crippen molar-refractivity contribution in [2.45, 2.75) is 45.8 Å². The number of hydrogen-bond donors (Lipinski definition) is 0. The lowest BCUT2D eigenvalue weighted by Crippen LogP contribution is -2.24. The lowest BCUT2D eigenvalue weighted by atomic mass is 9.97. The van der Waals surface area contributed by atoms with Gasteiger partial charge in [0.15, 0.2) is 17.4 Å². The number of ether oxygens (including phenoxy) is 2. The summed E-state index contributed by atoms with van der Waals surface area (Å²) in [4.78, 5) is 11.4. The summed E-state index contributed by atoms with van der Waals surface area (Å²) >= 11 is 0. The molecule has 1 saturated carbocycles. The Hall–Kier alpha value is -2.50. The molecule has 0 bridgehead atoms. The van der Waals surface area contributed by atoms with E-state index in [0.29, 0.717) is 29.7 Å². The van der Waals surface area contributed by atoms with Gasteiger partial charge in [-0.2, -0.15) is 0 Å². The van der Waals surface area contributed by atoms with Crippen LogP contribution in [0.2, 0.25) is 0 Å². The summed E-state index contributed by atoms with van der Waals surface area (Å²) in [5, 5.41) is 0. The van der Waals surface area contributed by atoms with Crippen LogP contribution in [0, 0.1) is 29.3 Å². The Labute approximate surface area is 161 Å². The van der Waals surface area contributed by atoms with Crippen LogP contribution in [0.25, 0.3) is 0 Å². The lowest BCUT2D eigenvalue weighted by molar-refractivity contribution is -0.111. The van der Waals surface area contributed by atoms with Crippen molar-refractivity contribution >= 4 is 5.78 Å². The fourth-order valence-corrected chi connectivity index (χ4v) is 3.82. The van der Waals surface area contributed by atoms with E-state index in [1.807, 2.05) is 13.8 Å². The molecule has 1 unspecified atom stereocenters. The van der Waals surface area contributed by atoms with Crippen LogP contribution in [-0.2, 0) is 24.2 Å². The molecular formula is C22H21F3O3. The Morgan fingerprint density at radius 2 is 1.79 bits per heavy atom. The van der Waals surface area contributed by atoms with E-state index in [-0.39, 0.29) is 29.8 Å². The van der Waals surface area contributed by atoms with Gasteiger partial charge in [-0.15, -0.1) is 0 Å². The summed E-state index contributed by atoms with van der Waals surface area (Å²) in [6, 6.07) is 5.17. The standard InChI is InChI=1S/C22H21F3O3/c1-11-13(20(11)26)6-12-7-17(24)21(18(25)8-12)27-10-15-14-9-22(2,3)28-19(14)5-4-16(15)23/h4-5,7-8,11,13H,6,9-10H2,1-3H3/t11-,13?/m1/s1. The van der Waals surface area contributed by atoms with Crippen LogP contribution in [0.1, 0.15) is 37.5 Å². The van der Waals surface area contributed by atoms with Gasteiger partial charge in [0.1, 0.15) is 29.6 Å². The molecule has 3 nitrogen and oxygen atoms in total. The van der Waals surface area contributed by atoms with Crippen LogP contribution in [0.3, 0.4) is 0 Å². The van der Waals surface area contributed by atoms with E-state index < -0.39 is 28.8 Å². The molecule has 0 saturated heterocycles. The predicted octanol–water partition coefficient (Wildman–Crippen LogP) is 4.77. The molecule has 2 atom stereocenters. The lowest BCUT2D eigenvalue weighted by Gasteiger charge is -2.16. The molecule has 2 aliphatic rings. The Morgan fingerprint density at radius 3 is 2.39 bits per heavy atom. The number of rotatable bonds is 5. The first kappa shape index (κ1) is 18.8. The van der Waals surface area contributed by atoms with Gasteiger partial charge in [0.2, 0.25) is 0 Å². The van der Waals surface area contributed by atoms with Crippen LogP contribution in [-0.4, -0.2) is 11.4 Å². The summed E-state index contributed by atoms with van der Waals surface area (Å²) in [6.45, 7) is 5.27. The van der Waals surface area contributed by atoms with Crippen LogP contribution in [0.5, 0.6) is 11.5 Å². The van der Waals surface area contributed by atoms with E-state index in [1.54, 1.807) is 13.0 Å². The minimum atomic E-state index is -0.861. The summed E-state index contributed by atoms with van der Waals surface area (Å²) in [6.07, 6.45) is 0.789. The zero-order chi connectivity index (χ0) is 20.2. The van der Waals surface area contributed by atoms with Crippen molar-refractivity contribution < 1.29 is 27.4 Å². The second kappa shape index (κ2) is 6.54. The number of carbonyl (C=O) groups excluding carboxylic acids is 1. The molecule has 0 N–H and O–H groups in total. The predicted molar refractivity (Wildman–Crippen MR) is 96.9 cm³/mol. The maximum Gasteiger partial charge on any atom is 0.191 e. The highest BCUT2D eigenvalue weighted by molar-refractivity contribution is 5.99. The van der Waals surface area contributed by atoms with E-state index in [9.17, 15) is 18.0 Å². The van der Waals surface area contributed by atoms with E-state index in [0.717, 1.165) is 0 Å². The van der Waals surface area contributed by atoms with Gasteiger partial charge in [-0.3, -0.25) is 4.79 Å². The third-order valence-electron chi connectivity index (χ3n) is 5.50. The topological polar surface area (TPSA) is 35.5 Å². The summed E-state index contributed by atoms with van der Waals surface area (Å²) < 4.78 is 54.3. The molecule has 6 heteroatoms. The van der Waals surface area contributed by atoms with Crippen molar-refractivity contribution in [2.24, 2.45) is 11.8 Å². The SMILES string of the molecule is C[C@H]1C(=O)C1Cc1cc(F)c(OCc2c(F)ccc3c2CC(C)(C)O3)c(F)c1. The third kappa shape index (κ3) is 3.36. The molecule has 4 rings (SSSR count). The van der Waals surface area contributed by atoms with Crippen molar-refractivity contribution in [1.29, 1.82) is 0 Å². The number of carbonyl (C=O) groups is 1. The van der Waals surface area contributed by atoms with E-state index in [2.05, 4.69) is 0 Å². The number of hydrogen-bond acceptors (Lipinski definition) is 3. The second-order valence-corrected chi connectivity index (χ2v) is 8.22. The van der Waals surface area contributed by atoms with Crippen LogP contribution in [0.4, 0.5) is 13.2 Å². The van der Waals surface area contributed by atoms with Crippen molar-refractivity contribution in [1.82, 2.24) is 0 Å². The Morgan fingerprint density at radius 1 is 1.14 bits per heavy atom. The fraction of sp³-hybridized carbons (Fsp3) is 0.409. The first-order chi connectivity index (χ1) is 13.2. The molecule has 0 aromatic heterocycles. The average molecular weight is 390 g/mol. The van der Waals surface area contributed by atoms with Crippen molar-refractivity contribution in [3.05, 3.63) is 58.4 Å². The molecule has 2 aromatic rings. The monoisotopic (exact) mass is 390 g/mol. The van der Waals surface area contributed by atoms with E-state index in [4.69, 9.17) is 9.47 Å². The molecule has 1 aliphatic carbocycles. The van der Waals surface area contributed by atoms with Crippen molar-refractivity contribution in [2.75, 3.05) is 0 Å². The Bertz CT molecular complexity index is 945. The maximum atomic E-state index is 14.4. The number of Topliss-reactive ketones (excluding diaryl/α,β-unsaturated/α-hetero) is 1. The van der Waals surface area contributed by atoms with Crippen LogP contribution < -0.4 is 9.47 Å². The molecule has 1 heterocycles. The van der Waals surface area contributed by atoms with Gasteiger partial charge in [-0.1, -0.05) is 6.92 Å². The molecule has 0 radical (unpaired) electrons. The summed E-state index contributed by atoms with van der Waals surface area (Å²) in [5.41, 5.74) is 0.833. The van der Waals surface area contributed by atoms with Gasteiger partial charge in [-0.25, -0.2) is 13.2 Å². The van der Waals surface area contributed by atoms with Crippen molar-refractivity contribution in [3.8, 4) is 11.5 Å². The fourth-order valence-electron chi connectivity index (χ4n) is 3.82. The van der Waals surface area contributed by atoms with Gasteiger partial charge < -0.3 is 9.47 Å². The molecule has 1 aliphatic heterocycles. The summed E-state index contributed by atoms with van der Waals surface area (Å²) in [5.74, 6) is -2.33. The van der Waals surface area contributed by atoms with E-state index in [1.165, 1.54) is 18.2 Å². The Balaban J connectivity index is 1.53. The zero-order valence-electron chi connectivity index (χ0n) is 15.9. The van der Waals surface area contributed by atoms with Gasteiger partial charge in [0.25, 0.3) is 0 Å². The van der Waals surface area contributed by atoms with Gasteiger partial charge in [-0.05, 0) is 50.1 Å². The normalized spacial score (nSPS) is 22.0. The molecule has 148 valence electrons. The van der Waals surface area contributed by atoms with Gasteiger partial charge in [0.05, 0.1) is 0 Å². The highest BCUT2D eigenvalue weighted by Gasteiger charge is 2.44. The molecule has 0 spiro atoms. The highest BCUT2D eigenvalue weighted by Crippen LogP contribution is 2.39. The largest absolute Gasteiger partial charge is 0.487 e. The minimum Gasteiger partial charge on any atom is -0.487 e. The number of fused-ring (bicyclic) bond motifs is 1. The molecule has 1 fully saturated rings. The number of benzene rings is 2. The molecule has 0 amide bonds. The first-order valence-corrected chi connectivity index (χ1v) is 9.30. The van der Waals surface area contributed by atoms with Gasteiger partial charge in [0, 0.05) is 29.4 Å². The quantitative estimate of drug-likeness (QED) is 0.738. The second-order valence-electron chi connectivity index (χ2n) is 8.22. The van der Waals surface area contributed by atoms with Crippen LogP contribution >= 0.6 is 0 Å². The van der Waals surface area contributed by atoms with Gasteiger partial charge >= 0.3 is 0 Å². The molecular weight excluding hydrogens is 369 g/mol. The number of ketones is 1. The number of halogens is 3.